The van der Waals surface area contributed by atoms with Gasteiger partial charge in [0.05, 0.1) is 0 Å². The highest BCUT2D eigenvalue weighted by molar-refractivity contribution is 5.85. The average Bonchev–Trinajstić information content (AvgIpc) is 2.46. The van der Waals surface area contributed by atoms with Crippen molar-refractivity contribution >= 4 is 17.9 Å². The molecule has 2 rings (SSSR count). The molecule has 1 aliphatic rings. The van der Waals surface area contributed by atoms with E-state index in [0.29, 0.717) is 6.04 Å². The van der Waals surface area contributed by atoms with Crippen LogP contribution in [-0.4, -0.2) is 53.7 Å². The maximum atomic E-state index is 10.5. The lowest BCUT2D eigenvalue weighted by atomic mass is 10.1. The van der Waals surface area contributed by atoms with Gasteiger partial charge in [0.15, 0.2) is 0 Å². The summed E-state index contributed by atoms with van der Waals surface area (Å²) in [4.78, 5) is 19.6. The lowest BCUT2D eigenvalue weighted by Gasteiger charge is -2.39. The SMILES string of the molecule is CCC1CN(c2ccc(/C=C/C(=O)O)cn2)CCN1C. The molecule has 0 saturated carbocycles. The summed E-state index contributed by atoms with van der Waals surface area (Å²) in [5.74, 6) is 0.0166. The molecule has 1 fully saturated rings. The summed E-state index contributed by atoms with van der Waals surface area (Å²) in [7, 11) is 2.17. The van der Waals surface area contributed by atoms with Crippen LogP contribution < -0.4 is 4.90 Å². The molecule has 0 bridgehead atoms. The average molecular weight is 275 g/mol. The fourth-order valence-electron chi connectivity index (χ4n) is 2.45. The Morgan fingerprint density at radius 2 is 2.30 bits per heavy atom. The van der Waals surface area contributed by atoms with Crippen LogP contribution >= 0.6 is 0 Å². The minimum absolute atomic E-state index is 0.567. The summed E-state index contributed by atoms with van der Waals surface area (Å²) in [6.45, 7) is 5.22. The molecule has 20 heavy (non-hydrogen) atoms. The third kappa shape index (κ3) is 3.57. The molecule has 1 saturated heterocycles. The second-order valence-corrected chi connectivity index (χ2v) is 5.11. The van der Waals surface area contributed by atoms with E-state index in [0.717, 1.165) is 43.5 Å². The third-order valence-electron chi connectivity index (χ3n) is 3.76. The fraction of sp³-hybridized carbons (Fsp3) is 0.467. The van der Waals surface area contributed by atoms with E-state index in [2.05, 4.69) is 28.8 Å². The number of hydrogen-bond acceptors (Lipinski definition) is 4. The molecule has 0 aromatic carbocycles. The molecular formula is C15H21N3O2. The Balaban J connectivity index is 2.04. The maximum Gasteiger partial charge on any atom is 0.328 e. The number of aliphatic carboxylic acids is 1. The number of anilines is 1. The Kier molecular flexibility index (Phi) is 4.74. The maximum absolute atomic E-state index is 10.5. The van der Waals surface area contributed by atoms with E-state index >= 15 is 0 Å². The number of hydrogen-bond donors (Lipinski definition) is 1. The first-order valence-corrected chi connectivity index (χ1v) is 6.92. The van der Waals surface area contributed by atoms with Gasteiger partial charge in [-0.1, -0.05) is 6.92 Å². The fourth-order valence-corrected chi connectivity index (χ4v) is 2.45. The molecule has 0 aliphatic carbocycles. The third-order valence-corrected chi connectivity index (χ3v) is 3.76. The van der Waals surface area contributed by atoms with Crippen LogP contribution in [0.4, 0.5) is 5.82 Å². The lowest BCUT2D eigenvalue weighted by molar-refractivity contribution is -0.131. The van der Waals surface area contributed by atoms with Crippen molar-refractivity contribution in [3.8, 4) is 0 Å². The molecule has 108 valence electrons. The molecule has 0 amide bonds. The molecular weight excluding hydrogens is 254 g/mol. The van der Waals surface area contributed by atoms with Gasteiger partial charge in [0.25, 0.3) is 0 Å². The van der Waals surface area contributed by atoms with Gasteiger partial charge in [0.2, 0.25) is 0 Å². The monoisotopic (exact) mass is 275 g/mol. The number of carboxylic acids is 1. The Labute approximate surface area is 119 Å². The smallest absolute Gasteiger partial charge is 0.328 e. The van der Waals surface area contributed by atoms with Crippen molar-refractivity contribution in [3.63, 3.8) is 0 Å². The second kappa shape index (κ2) is 6.52. The van der Waals surface area contributed by atoms with Crippen LogP contribution in [-0.2, 0) is 4.79 Å². The van der Waals surface area contributed by atoms with E-state index in [-0.39, 0.29) is 0 Å². The largest absolute Gasteiger partial charge is 0.478 e. The predicted molar refractivity (Wildman–Crippen MR) is 79.8 cm³/mol. The van der Waals surface area contributed by atoms with Gasteiger partial charge in [-0.05, 0) is 37.2 Å². The van der Waals surface area contributed by atoms with Gasteiger partial charge in [-0.15, -0.1) is 0 Å². The predicted octanol–water partition coefficient (Wildman–Crippen LogP) is 1.71. The molecule has 1 unspecified atom stereocenters. The molecule has 0 spiro atoms. The van der Waals surface area contributed by atoms with Crippen LogP contribution in [0.25, 0.3) is 6.08 Å². The van der Waals surface area contributed by atoms with Gasteiger partial charge in [-0.2, -0.15) is 0 Å². The first-order chi connectivity index (χ1) is 9.60. The van der Waals surface area contributed by atoms with E-state index in [9.17, 15) is 4.79 Å². The number of pyridine rings is 1. The summed E-state index contributed by atoms with van der Waals surface area (Å²) in [6.07, 6.45) is 5.53. The van der Waals surface area contributed by atoms with E-state index in [4.69, 9.17) is 5.11 Å². The zero-order valence-corrected chi connectivity index (χ0v) is 12.0. The molecule has 1 atom stereocenters. The van der Waals surface area contributed by atoms with Crippen molar-refractivity contribution in [1.82, 2.24) is 9.88 Å². The molecule has 1 aromatic rings. The number of carboxylic acid groups (broad SMARTS) is 1. The van der Waals surface area contributed by atoms with Crippen molar-refractivity contribution in [2.45, 2.75) is 19.4 Å². The highest BCUT2D eigenvalue weighted by Crippen LogP contribution is 2.18. The Bertz CT molecular complexity index is 484. The molecule has 0 radical (unpaired) electrons. The van der Waals surface area contributed by atoms with Gasteiger partial charge in [0, 0.05) is 37.9 Å². The van der Waals surface area contributed by atoms with E-state index in [1.165, 1.54) is 0 Å². The standard InChI is InChI=1S/C15H21N3O2/c1-3-13-11-18(9-8-17(13)2)14-6-4-12(10-16-14)5-7-15(19)20/h4-7,10,13H,3,8-9,11H2,1-2H3,(H,19,20)/b7-5+. The highest BCUT2D eigenvalue weighted by Gasteiger charge is 2.23. The van der Waals surface area contributed by atoms with Crippen LogP contribution in [0.15, 0.2) is 24.4 Å². The van der Waals surface area contributed by atoms with Crippen molar-refractivity contribution in [1.29, 1.82) is 0 Å². The number of nitrogens with zero attached hydrogens (tertiary/aromatic N) is 3. The molecule has 2 heterocycles. The van der Waals surface area contributed by atoms with Crippen molar-refractivity contribution in [2.24, 2.45) is 0 Å². The first kappa shape index (κ1) is 14.5. The van der Waals surface area contributed by atoms with Crippen LogP contribution in [0.5, 0.6) is 0 Å². The quantitative estimate of drug-likeness (QED) is 0.848. The zero-order valence-electron chi connectivity index (χ0n) is 12.0. The lowest BCUT2D eigenvalue weighted by Crippen LogP contribution is -2.51. The molecule has 5 nitrogen and oxygen atoms in total. The summed E-state index contributed by atoms with van der Waals surface area (Å²) in [5.41, 5.74) is 0.803. The van der Waals surface area contributed by atoms with Gasteiger partial charge >= 0.3 is 5.97 Å². The second-order valence-electron chi connectivity index (χ2n) is 5.11. The number of piperazine rings is 1. The normalized spacial score (nSPS) is 20.5. The zero-order chi connectivity index (χ0) is 14.5. The Morgan fingerprint density at radius 3 is 2.90 bits per heavy atom. The first-order valence-electron chi connectivity index (χ1n) is 6.92. The summed E-state index contributed by atoms with van der Waals surface area (Å²) >= 11 is 0. The number of aromatic nitrogens is 1. The van der Waals surface area contributed by atoms with Gasteiger partial charge in [-0.3, -0.25) is 4.90 Å². The van der Waals surface area contributed by atoms with Crippen molar-refractivity contribution < 1.29 is 9.90 Å². The van der Waals surface area contributed by atoms with Crippen LogP contribution in [0.3, 0.4) is 0 Å². The molecule has 1 aromatic heterocycles. The molecule has 1 N–H and O–H groups in total. The van der Waals surface area contributed by atoms with Gasteiger partial charge < -0.3 is 10.0 Å². The minimum atomic E-state index is -0.945. The van der Waals surface area contributed by atoms with E-state index < -0.39 is 5.97 Å². The van der Waals surface area contributed by atoms with Crippen molar-refractivity contribution in [3.05, 3.63) is 30.0 Å². The van der Waals surface area contributed by atoms with E-state index in [1.807, 2.05) is 12.1 Å². The number of likely N-dealkylation sites (N-methyl/N-ethyl adjacent to an activating group) is 1. The Morgan fingerprint density at radius 1 is 1.50 bits per heavy atom. The topological polar surface area (TPSA) is 56.7 Å². The molecule has 5 heteroatoms. The van der Waals surface area contributed by atoms with Gasteiger partial charge in [-0.25, -0.2) is 9.78 Å². The van der Waals surface area contributed by atoms with Gasteiger partial charge in [0.1, 0.15) is 5.82 Å². The Hall–Kier alpha value is -1.88. The summed E-state index contributed by atoms with van der Waals surface area (Å²) in [5, 5.41) is 8.59. The van der Waals surface area contributed by atoms with E-state index in [1.54, 1.807) is 12.3 Å². The van der Waals surface area contributed by atoms with Crippen LogP contribution in [0.1, 0.15) is 18.9 Å². The summed E-state index contributed by atoms with van der Waals surface area (Å²) < 4.78 is 0. The molecule has 1 aliphatic heterocycles. The van der Waals surface area contributed by atoms with Crippen molar-refractivity contribution in [2.75, 3.05) is 31.6 Å². The van der Waals surface area contributed by atoms with Crippen LogP contribution in [0.2, 0.25) is 0 Å². The highest BCUT2D eigenvalue weighted by atomic mass is 16.4. The van der Waals surface area contributed by atoms with Crippen LogP contribution in [0, 0.1) is 0 Å². The summed E-state index contributed by atoms with van der Waals surface area (Å²) in [6, 6.07) is 4.43. The number of carbonyl (C=O) groups is 1. The minimum Gasteiger partial charge on any atom is -0.478 e. The number of rotatable bonds is 4.